The molecule has 0 amide bonds. The number of nitrogens with one attached hydrogen (secondary N) is 8. The zero-order chi connectivity index (χ0) is 95.5. The van der Waals surface area contributed by atoms with Gasteiger partial charge >= 0.3 is 24.7 Å². The monoisotopic (exact) mass is 1850 g/mol. The largest absolute Gasteiger partial charge is 0.416 e. The number of benzene rings is 4. The summed E-state index contributed by atoms with van der Waals surface area (Å²) in [6, 6.07) is 48.4. The van der Waals surface area contributed by atoms with Crippen LogP contribution in [-0.4, -0.2) is 105 Å². The fourth-order valence-electron chi connectivity index (χ4n) is 11.8. The molecule has 682 valence electrons. The predicted octanol–water partition coefficient (Wildman–Crippen LogP) is 22.2. The van der Waals surface area contributed by atoms with Crippen molar-refractivity contribution < 1.29 is 65.9 Å². The Bertz CT molecular complexity index is 6810. The Morgan fingerprint density at radius 2 is 0.622 bits per heavy atom. The summed E-state index contributed by atoms with van der Waals surface area (Å²) in [4.78, 5) is 65.9. The minimum Gasteiger partial charge on any atom is -0.354 e. The van der Waals surface area contributed by atoms with Crippen LogP contribution in [0.2, 0.25) is 0 Å². The first-order valence-electron chi connectivity index (χ1n) is 39.7. The molecule has 0 radical (unpaired) electrons. The van der Waals surface area contributed by atoms with Crippen molar-refractivity contribution in [3.8, 4) is 45.0 Å². The molecule has 0 aliphatic rings. The van der Waals surface area contributed by atoms with Crippen LogP contribution >= 0.6 is 0 Å². The predicted molar refractivity (Wildman–Crippen MR) is 480 cm³/mol. The van der Waals surface area contributed by atoms with E-state index in [4.69, 9.17) is 0 Å². The molecule has 0 aliphatic heterocycles. The van der Waals surface area contributed by atoms with E-state index < -0.39 is 64.4 Å². The van der Waals surface area contributed by atoms with Gasteiger partial charge in [0.1, 0.15) is 17.1 Å². The van der Waals surface area contributed by atoms with Crippen molar-refractivity contribution in [1.82, 2.24) is 79.7 Å². The summed E-state index contributed by atoms with van der Waals surface area (Å²) in [7, 11) is 0. The van der Waals surface area contributed by atoms with Crippen molar-refractivity contribution in [3.63, 3.8) is 0 Å². The number of rotatable bonds is 25. The molecular weight excluding hydrogens is 1780 g/mol. The Kier molecular flexibility index (Phi) is 31.1. The molecule has 28 nitrogen and oxygen atoms in total. The van der Waals surface area contributed by atoms with Crippen LogP contribution in [0.1, 0.15) is 69.0 Å². The standard InChI is InChI=1S/C24H19F4N7.C23H17F4N7.C23H18F3N7.C22H15F4N7/c1-2-17-10-15(8-9-29-17)22-21(25)14-31-23(34-22)35-32-13-19-6-7-20(12-30-19)33-18-5-3-4-16(11-18)24(26,27)28;1-14-9-15(7-8-28-14)21-20(24)13-30-22(33-21)34-31-12-18-5-6-19(11-29-18)32-17-4-2-3-16(10-17)23(25,26)27;1-15-10-21(16-4-3-9-27-12-16)32-22(30-15)33-29-14-19-7-8-20(13-28-19)31-18-6-2-5-17(11-18)23(24,25)26;23-19-13-29-21(32-20(19)14-3-2-8-27-10-14)33-30-12-17-6-7-18(11-28-17)31-16-5-1-4-15(9-16)22(24,25)26/h3-14,33H,2H2,1H3,(H,31,34,35);2-13,32H,1H3,(H,30,33,34);2-14,31H,1H3,(H,30,32,33);1-13,31H,(H,29,32,33)/b32-13+;31-12+;29-14+;30-12+. The topological polar surface area (TPSA) is 352 Å². The molecule has 135 heavy (non-hydrogen) atoms. The Morgan fingerprint density at radius 1 is 0.281 bits per heavy atom. The van der Waals surface area contributed by atoms with Crippen LogP contribution in [-0.2, 0) is 31.1 Å². The zero-order valence-electron chi connectivity index (χ0n) is 70.2. The molecule has 0 unspecified atom stereocenters. The first kappa shape index (κ1) is 95.0. The summed E-state index contributed by atoms with van der Waals surface area (Å²) in [5.74, 6) is -1.16. The highest BCUT2D eigenvalue weighted by atomic mass is 19.4. The van der Waals surface area contributed by atoms with Gasteiger partial charge in [0.15, 0.2) is 17.5 Å². The van der Waals surface area contributed by atoms with Gasteiger partial charge < -0.3 is 21.3 Å². The Labute approximate surface area is 757 Å². The number of pyridine rings is 8. The highest BCUT2D eigenvalue weighted by Gasteiger charge is 2.34. The lowest BCUT2D eigenvalue weighted by atomic mass is 10.1. The first-order valence-corrected chi connectivity index (χ1v) is 39.7. The molecule has 0 bridgehead atoms. The van der Waals surface area contributed by atoms with E-state index in [0.717, 1.165) is 95.5 Å². The van der Waals surface area contributed by atoms with Crippen molar-refractivity contribution in [2.75, 3.05) is 43.0 Å². The number of alkyl halides is 12. The van der Waals surface area contributed by atoms with Crippen molar-refractivity contribution in [3.05, 3.63) is 360 Å². The van der Waals surface area contributed by atoms with Gasteiger partial charge in [0.2, 0.25) is 23.8 Å². The van der Waals surface area contributed by atoms with Gasteiger partial charge in [-0.25, -0.2) is 74.7 Å². The third kappa shape index (κ3) is 28.5. The second-order valence-electron chi connectivity index (χ2n) is 28.1. The van der Waals surface area contributed by atoms with E-state index in [1.54, 1.807) is 129 Å². The van der Waals surface area contributed by atoms with Gasteiger partial charge in [-0.15, -0.1) is 0 Å². The molecule has 12 aromatic heterocycles. The number of hydrogen-bond donors (Lipinski definition) is 8. The van der Waals surface area contributed by atoms with E-state index in [2.05, 4.69) is 143 Å². The molecule has 12 heterocycles. The third-order valence-corrected chi connectivity index (χ3v) is 18.1. The summed E-state index contributed by atoms with van der Waals surface area (Å²) in [6.07, 6.45) is 7.35. The van der Waals surface area contributed by atoms with Gasteiger partial charge in [-0.2, -0.15) is 73.1 Å². The van der Waals surface area contributed by atoms with E-state index in [9.17, 15) is 65.9 Å². The Hall–Kier alpha value is -17.6. The van der Waals surface area contributed by atoms with Crippen molar-refractivity contribution in [1.29, 1.82) is 0 Å². The lowest BCUT2D eigenvalue weighted by Gasteiger charge is -2.10. The maximum absolute atomic E-state index is 14.3. The summed E-state index contributed by atoms with van der Waals surface area (Å²) in [5, 5.41) is 27.6. The fourth-order valence-corrected chi connectivity index (χ4v) is 11.8. The van der Waals surface area contributed by atoms with Gasteiger partial charge in [-0.3, -0.25) is 39.9 Å². The molecule has 43 heteroatoms. The molecule has 16 rings (SSSR count). The third-order valence-electron chi connectivity index (χ3n) is 18.1. The number of aryl methyl sites for hydroxylation is 3. The van der Waals surface area contributed by atoms with Crippen LogP contribution in [0.25, 0.3) is 45.0 Å². The number of hydrazone groups is 4. The van der Waals surface area contributed by atoms with Crippen LogP contribution in [0.5, 0.6) is 0 Å². The van der Waals surface area contributed by atoms with Gasteiger partial charge in [0, 0.05) is 99.3 Å². The number of halogens is 15. The van der Waals surface area contributed by atoms with Crippen LogP contribution in [0.4, 0.5) is 135 Å². The highest BCUT2D eigenvalue weighted by molar-refractivity contribution is 5.81. The van der Waals surface area contributed by atoms with Crippen LogP contribution in [0, 0.1) is 31.3 Å². The van der Waals surface area contributed by atoms with E-state index in [1.165, 1.54) is 98.3 Å². The average molecular weight is 1850 g/mol. The quantitative estimate of drug-likeness (QED) is 0.0150. The van der Waals surface area contributed by atoms with E-state index in [-0.39, 0.29) is 52.0 Å². The van der Waals surface area contributed by atoms with E-state index >= 15 is 0 Å². The lowest BCUT2D eigenvalue weighted by Crippen LogP contribution is -2.05. The minimum atomic E-state index is -4.42. The molecule has 16 aromatic rings. The van der Waals surface area contributed by atoms with E-state index in [1.807, 2.05) is 32.0 Å². The fraction of sp³-hybridized carbons (Fsp3) is 0.0870. The molecule has 0 fully saturated rings. The Balaban J connectivity index is 0.000000152. The highest BCUT2D eigenvalue weighted by Crippen LogP contribution is 2.37. The smallest absolute Gasteiger partial charge is 0.354 e. The van der Waals surface area contributed by atoms with Gasteiger partial charge in [-0.05, 0) is 196 Å². The summed E-state index contributed by atoms with van der Waals surface area (Å²) in [5.41, 5.74) is 18.7. The van der Waals surface area contributed by atoms with E-state index in [0.29, 0.717) is 80.3 Å². The van der Waals surface area contributed by atoms with Gasteiger partial charge in [-0.1, -0.05) is 31.2 Å². The number of nitrogens with zero attached hydrogens (tertiary/aromatic N) is 20. The summed E-state index contributed by atoms with van der Waals surface area (Å²) < 4.78 is 197. The van der Waals surface area contributed by atoms with Crippen molar-refractivity contribution >= 4 is 94.2 Å². The number of aromatic nitrogens is 16. The molecule has 0 spiro atoms. The number of hydrogen-bond acceptors (Lipinski definition) is 28. The summed E-state index contributed by atoms with van der Waals surface area (Å²) in [6.45, 7) is 5.60. The molecule has 0 saturated carbocycles. The Morgan fingerprint density at radius 3 is 0.948 bits per heavy atom. The molecule has 0 atom stereocenters. The maximum Gasteiger partial charge on any atom is 0.416 e. The molecule has 4 aromatic carbocycles. The van der Waals surface area contributed by atoms with Gasteiger partial charge in [0.25, 0.3) is 0 Å². The van der Waals surface area contributed by atoms with Crippen LogP contribution in [0.15, 0.2) is 301 Å². The number of anilines is 12. The van der Waals surface area contributed by atoms with Crippen LogP contribution < -0.4 is 43.0 Å². The molecule has 0 saturated heterocycles. The zero-order valence-corrected chi connectivity index (χ0v) is 70.2. The average Bonchev–Trinajstić information content (AvgIpc) is 0.826. The second-order valence-corrected chi connectivity index (χ2v) is 28.1. The van der Waals surface area contributed by atoms with Crippen molar-refractivity contribution in [2.24, 2.45) is 20.4 Å². The minimum absolute atomic E-state index is 0.0781. The molecular formula is C92H69F15N28. The molecule has 0 aliphatic carbocycles. The molecule has 8 N–H and O–H groups in total. The summed E-state index contributed by atoms with van der Waals surface area (Å²) >= 11 is 0. The van der Waals surface area contributed by atoms with Gasteiger partial charge in [0.05, 0.1) is 142 Å². The normalized spacial score (nSPS) is 11.5. The lowest BCUT2D eigenvalue weighted by molar-refractivity contribution is -0.138. The SMILES string of the molecule is CCc1cc(-c2nc(N/N=C/c3ccc(Nc4cccc(C(F)(F)F)c4)cn3)ncc2F)ccn1.Cc1cc(-c2cccnc2)nc(N/N=C/c2ccc(Nc3cccc(C(F)(F)F)c3)cn2)n1.Cc1cc(-c2nc(N/N=C/c3ccc(Nc4cccc(C(F)(F)F)c4)cn3)ncc2F)ccn1.Fc1cnc(N/N=C/c2ccc(Nc3cccc(C(F)(F)F)c3)cn2)nc1-c1cccnc1. The first-order chi connectivity index (χ1) is 64.8. The van der Waals surface area contributed by atoms with Crippen LogP contribution in [0.3, 0.4) is 0 Å². The van der Waals surface area contributed by atoms with Crippen molar-refractivity contribution in [2.45, 2.75) is 51.9 Å². The maximum atomic E-state index is 14.3. The second kappa shape index (κ2) is 44.2.